The molecule has 4 heteroatoms. The van der Waals surface area contributed by atoms with E-state index >= 15 is 0 Å². The number of halogens is 1. The zero-order valence-electron chi connectivity index (χ0n) is 9.52. The first-order valence-electron chi connectivity index (χ1n) is 5.31. The van der Waals surface area contributed by atoms with Gasteiger partial charge < -0.3 is 11.5 Å². The predicted octanol–water partition coefficient (Wildman–Crippen LogP) is 2.16. The first kappa shape index (κ1) is 11.5. The maximum Gasteiger partial charge on any atom is 0.128 e. The van der Waals surface area contributed by atoms with Gasteiger partial charge >= 0.3 is 0 Å². The molecular formula is C13H14FN3. The minimum Gasteiger partial charge on any atom is -0.383 e. The first-order chi connectivity index (χ1) is 8.09. The quantitative estimate of drug-likeness (QED) is 0.832. The fourth-order valence-corrected chi connectivity index (χ4v) is 1.85. The number of aromatic nitrogens is 1. The summed E-state index contributed by atoms with van der Waals surface area (Å²) in [4.78, 5) is 4.00. The van der Waals surface area contributed by atoms with Crippen molar-refractivity contribution in [1.29, 1.82) is 0 Å². The summed E-state index contributed by atoms with van der Waals surface area (Å²) < 4.78 is 13.0. The molecule has 1 aromatic carbocycles. The Hall–Kier alpha value is -1.94. The molecule has 0 fully saturated rings. The van der Waals surface area contributed by atoms with Crippen molar-refractivity contribution in [2.75, 3.05) is 5.73 Å². The van der Waals surface area contributed by atoms with Crippen molar-refractivity contribution in [2.45, 2.75) is 13.0 Å². The highest BCUT2D eigenvalue weighted by Crippen LogP contribution is 2.25. The number of hydrogen-bond acceptors (Lipinski definition) is 3. The van der Waals surface area contributed by atoms with Gasteiger partial charge in [0.05, 0.1) is 6.04 Å². The summed E-state index contributed by atoms with van der Waals surface area (Å²) in [5, 5.41) is 0. The number of pyridine rings is 1. The molecule has 1 atom stereocenters. The lowest BCUT2D eigenvalue weighted by Gasteiger charge is -2.16. The van der Waals surface area contributed by atoms with Crippen LogP contribution in [-0.2, 0) is 0 Å². The molecule has 0 aliphatic rings. The summed E-state index contributed by atoms with van der Waals surface area (Å²) in [5.74, 6) is 0.140. The van der Waals surface area contributed by atoms with Crippen molar-refractivity contribution in [2.24, 2.45) is 5.73 Å². The van der Waals surface area contributed by atoms with Crippen LogP contribution < -0.4 is 11.5 Å². The third-order valence-electron chi connectivity index (χ3n) is 2.77. The molecule has 0 spiro atoms. The fraction of sp³-hybridized carbons (Fsp3) is 0.154. The van der Waals surface area contributed by atoms with Crippen molar-refractivity contribution in [3.63, 3.8) is 0 Å². The van der Waals surface area contributed by atoms with Gasteiger partial charge in [0.1, 0.15) is 11.6 Å². The summed E-state index contributed by atoms with van der Waals surface area (Å²) in [6, 6.07) is 7.77. The number of nitrogens with two attached hydrogens (primary N) is 2. The van der Waals surface area contributed by atoms with Crippen LogP contribution in [0.4, 0.5) is 10.2 Å². The minimum atomic E-state index is -0.385. The maximum atomic E-state index is 13.0. The van der Waals surface area contributed by atoms with Gasteiger partial charge in [-0.1, -0.05) is 12.1 Å². The topological polar surface area (TPSA) is 64.9 Å². The monoisotopic (exact) mass is 231 g/mol. The summed E-state index contributed by atoms with van der Waals surface area (Å²) >= 11 is 0. The second-order valence-corrected chi connectivity index (χ2v) is 3.96. The summed E-state index contributed by atoms with van der Waals surface area (Å²) in [5.41, 5.74) is 14.3. The molecule has 2 aromatic rings. The molecule has 4 N–H and O–H groups in total. The fourth-order valence-electron chi connectivity index (χ4n) is 1.85. The lowest BCUT2D eigenvalue weighted by molar-refractivity contribution is 0.624. The Morgan fingerprint density at radius 1 is 1.24 bits per heavy atom. The molecule has 2 rings (SSSR count). The third kappa shape index (κ3) is 2.26. The standard InChI is InChI=1S/C13H14FN3/c1-8-7-9(14)4-5-10(8)12(15)11-3-2-6-17-13(11)16/h2-7,12H,15H2,1H3,(H2,16,17). The number of aryl methyl sites for hydroxylation is 1. The van der Waals surface area contributed by atoms with Gasteiger partial charge in [0.15, 0.2) is 0 Å². The van der Waals surface area contributed by atoms with Gasteiger partial charge in [-0.05, 0) is 36.2 Å². The van der Waals surface area contributed by atoms with Crippen LogP contribution in [0.1, 0.15) is 22.7 Å². The molecule has 0 aliphatic carbocycles. The number of benzene rings is 1. The summed E-state index contributed by atoms with van der Waals surface area (Å²) in [7, 11) is 0. The van der Waals surface area contributed by atoms with Crippen LogP contribution in [0, 0.1) is 12.7 Å². The van der Waals surface area contributed by atoms with Crippen molar-refractivity contribution in [1.82, 2.24) is 4.98 Å². The van der Waals surface area contributed by atoms with Gasteiger partial charge in [0.2, 0.25) is 0 Å². The average molecular weight is 231 g/mol. The molecule has 1 heterocycles. The molecule has 3 nitrogen and oxygen atoms in total. The van der Waals surface area contributed by atoms with Crippen LogP contribution in [0.2, 0.25) is 0 Å². The van der Waals surface area contributed by atoms with E-state index in [1.165, 1.54) is 12.1 Å². The van der Waals surface area contributed by atoms with Gasteiger partial charge in [0.25, 0.3) is 0 Å². The lowest BCUT2D eigenvalue weighted by atomic mass is 9.96. The zero-order chi connectivity index (χ0) is 12.4. The van der Waals surface area contributed by atoms with Crippen molar-refractivity contribution in [3.8, 4) is 0 Å². The van der Waals surface area contributed by atoms with Crippen LogP contribution in [0.5, 0.6) is 0 Å². The van der Waals surface area contributed by atoms with E-state index in [1.54, 1.807) is 18.3 Å². The summed E-state index contributed by atoms with van der Waals surface area (Å²) in [6.45, 7) is 1.82. The molecule has 0 aliphatic heterocycles. The Bertz CT molecular complexity index is 540. The van der Waals surface area contributed by atoms with Crippen LogP contribution in [0.3, 0.4) is 0 Å². The molecule has 0 radical (unpaired) electrons. The lowest BCUT2D eigenvalue weighted by Crippen LogP contribution is -2.15. The van der Waals surface area contributed by atoms with Crippen LogP contribution in [-0.4, -0.2) is 4.98 Å². The number of anilines is 1. The Labute approximate surface area is 99.3 Å². The third-order valence-corrected chi connectivity index (χ3v) is 2.77. The van der Waals surface area contributed by atoms with Crippen LogP contribution >= 0.6 is 0 Å². The smallest absolute Gasteiger partial charge is 0.128 e. The Balaban J connectivity index is 2.44. The number of nitrogen functional groups attached to an aromatic ring is 1. The van der Waals surface area contributed by atoms with E-state index in [0.717, 1.165) is 16.7 Å². The van der Waals surface area contributed by atoms with Gasteiger partial charge in [-0.3, -0.25) is 0 Å². The highest BCUT2D eigenvalue weighted by molar-refractivity contribution is 5.46. The second-order valence-electron chi connectivity index (χ2n) is 3.96. The molecule has 0 saturated carbocycles. The first-order valence-corrected chi connectivity index (χ1v) is 5.31. The van der Waals surface area contributed by atoms with Crippen molar-refractivity contribution < 1.29 is 4.39 Å². The van der Waals surface area contributed by atoms with E-state index in [-0.39, 0.29) is 11.9 Å². The van der Waals surface area contributed by atoms with E-state index in [2.05, 4.69) is 4.98 Å². The Morgan fingerprint density at radius 3 is 2.65 bits per heavy atom. The largest absolute Gasteiger partial charge is 0.383 e. The SMILES string of the molecule is Cc1cc(F)ccc1C(N)c1cccnc1N. The molecule has 1 aromatic heterocycles. The molecule has 1 unspecified atom stereocenters. The van der Waals surface area contributed by atoms with E-state index < -0.39 is 0 Å². The highest BCUT2D eigenvalue weighted by Gasteiger charge is 2.14. The van der Waals surface area contributed by atoms with Gasteiger partial charge in [-0.25, -0.2) is 9.37 Å². The normalized spacial score (nSPS) is 12.4. The second kappa shape index (κ2) is 4.51. The molecule has 17 heavy (non-hydrogen) atoms. The van der Waals surface area contributed by atoms with Crippen LogP contribution in [0.25, 0.3) is 0 Å². The number of nitrogens with zero attached hydrogens (tertiary/aromatic N) is 1. The number of rotatable bonds is 2. The van der Waals surface area contributed by atoms with Crippen molar-refractivity contribution in [3.05, 3.63) is 59.0 Å². The van der Waals surface area contributed by atoms with Gasteiger partial charge in [-0.2, -0.15) is 0 Å². The van der Waals surface area contributed by atoms with Crippen molar-refractivity contribution >= 4 is 5.82 Å². The predicted molar refractivity (Wildman–Crippen MR) is 65.8 cm³/mol. The molecular weight excluding hydrogens is 217 g/mol. The van der Waals surface area contributed by atoms with E-state index in [4.69, 9.17) is 11.5 Å². The Morgan fingerprint density at radius 2 is 2.00 bits per heavy atom. The van der Waals surface area contributed by atoms with Gasteiger partial charge in [-0.15, -0.1) is 0 Å². The summed E-state index contributed by atoms with van der Waals surface area (Å²) in [6.07, 6.45) is 1.61. The minimum absolute atomic E-state index is 0.266. The highest BCUT2D eigenvalue weighted by atomic mass is 19.1. The maximum absolute atomic E-state index is 13.0. The molecule has 88 valence electrons. The van der Waals surface area contributed by atoms with E-state index in [1.807, 2.05) is 13.0 Å². The Kier molecular flexibility index (Phi) is 3.06. The van der Waals surface area contributed by atoms with E-state index in [9.17, 15) is 4.39 Å². The van der Waals surface area contributed by atoms with Gasteiger partial charge in [0, 0.05) is 11.8 Å². The molecule has 0 amide bonds. The van der Waals surface area contributed by atoms with E-state index in [0.29, 0.717) is 5.82 Å². The number of hydrogen-bond donors (Lipinski definition) is 2. The zero-order valence-corrected chi connectivity index (χ0v) is 9.52. The molecule has 0 bridgehead atoms. The van der Waals surface area contributed by atoms with Crippen LogP contribution in [0.15, 0.2) is 36.5 Å². The molecule has 0 saturated heterocycles. The average Bonchev–Trinajstić information content (AvgIpc) is 2.29.